The van der Waals surface area contributed by atoms with Gasteiger partial charge in [0.05, 0.1) is 0 Å². The second-order valence-electron chi connectivity index (χ2n) is 4.51. The molecule has 0 aliphatic rings. The fourth-order valence-electron chi connectivity index (χ4n) is 1.46. The zero-order chi connectivity index (χ0) is 16.3. The van der Waals surface area contributed by atoms with Gasteiger partial charge in [-0.2, -0.15) is 24.9 Å². The van der Waals surface area contributed by atoms with Crippen molar-refractivity contribution in [1.29, 1.82) is 0 Å². The maximum atomic E-state index is 12.8. The highest BCUT2D eigenvalue weighted by molar-refractivity contribution is 7.97. The van der Waals surface area contributed by atoms with E-state index >= 15 is 0 Å². The molecule has 1 amide bonds. The molecule has 0 aromatic heterocycles. The number of carboxylic acids is 1. The Morgan fingerprint density at radius 2 is 1.76 bits per heavy atom. The largest absolute Gasteiger partial charge is 0.479 e. The first kappa shape index (κ1) is 17.4. The molecule has 0 fully saturated rings. The van der Waals surface area contributed by atoms with E-state index in [1.807, 2.05) is 6.26 Å². The molecule has 1 atom stereocenters. The highest BCUT2D eigenvalue weighted by Gasteiger charge is 2.58. The van der Waals surface area contributed by atoms with Crippen molar-refractivity contribution in [3.05, 3.63) is 35.4 Å². The van der Waals surface area contributed by atoms with Crippen LogP contribution in [0.2, 0.25) is 0 Å². The molecule has 0 aliphatic carbocycles. The molecular weight excluding hydrogens is 307 g/mol. The van der Waals surface area contributed by atoms with E-state index in [1.54, 1.807) is 23.9 Å². The predicted molar refractivity (Wildman–Crippen MR) is 73.2 cm³/mol. The van der Waals surface area contributed by atoms with Crippen molar-refractivity contribution < 1.29 is 27.9 Å². The summed E-state index contributed by atoms with van der Waals surface area (Å²) in [5, 5.41) is 10.3. The number of carboxylic acid groups (broad SMARTS) is 1. The van der Waals surface area contributed by atoms with Crippen molar-refractivity contribution >= 4 is 23.6 Å². The fraction of sp³-hybridized carbons (Fsp3) is 0.385. The zero-order valence-corrected chi connectivity index (χ0v) is 12.1. The quantitative estimate of drug-likeness (QED) is 0.875. The second kappa shape index (κ2) is 6.38. The van der Waals surface area contributed by atoms with Crippen LogP contribution in [0, 0.1) is 0 Å². The van der Waals surface area contributed by atoms with Crippen LogP contribution < -0.4 is 5.32 Å². The molecule has 0 spiro atoms. The van der Waals surface area contributed by atoms with Crippen molar-refractivity contribution in [2.45, 2.75) is 24.4 Å². The normalized spacial score (nSPS) is 14.3. The average Bonchev–Trinajstić information content (AvgIpc) is 2.38. The van der Waals surface area contributed by atoms with Crippen LogP contribution in [0.25, 0.3) is 0 Å². The van der Waals surface area contributed by atoms with E-state index < -0.39 is 23.6 Å². The van der Waals surface area contributed by atoms with Gasteiger partial charge in [0.1, 0.15) is 0 Å². The Balaban J connectivity index is 2.95. The summed E-state index contributed by atoms with van der Waals surface area (Å²) in [7, 11) is 0. The number of halogens is 3. The first-order valence-electron chi connectivity index (χ1n) is 5.82. The Bertz CT molecular complexity index is 530. The molecule has 0 saturated carbocycles. The van der Waals surface area contributed by atoms with Crippen molar-refractivity contribution in [3.63, 3.8) is 0 Å². The Morgan fingerprint density at radius 1 is 1.24 bits per heavy atom. The molecule has 0 radical (unpaired) electrons. The Kier molecular flexibility index (Phi) is 5.27. The van der Waals surface area contributed by atoms with E-state index in [2.05, 4.69) is 0 Å². The molecule has 0 bridgehead atoms. The van der Waals surface area contributed by atoms with Gasteiger partial charge in [-0.25, -0.2) is 4.79 Å². The third kappa shape index (κ3) is 3.90. The van der Waals surface area contributed by atoms with Crippen LogP contribution in [0.5, 0.6) is 0 Å². The number of carbonyl (C=O) groups excluding carboxylic acids is 1. The van der Waals surface area contributed by atoms with E-state index in [0.717, 1.165) is 5.56 Å². The van der Waals surface area contributed by atoms with Gasteiger partial charge in [-0.15, -0.1) is 0 Å². The lowest BCUT2D eigenvalue weighted by molar-refractivity contribution is -0.203. The van der Waals surface area contributed by atoms with Crippen molar-refractivity contribution in [3.8, 4) is 0 Å². The number of alkyl halides is 3. The Labute approximate surface area is 123 Å². The fourth-order valence-corrected chi connectivity index (χ4v) is 1.99. The number of benzene rings is 1. The molecule has 4 nitrogen and oxygen atoms in total. The molecule has 1 unspecified atom stereocenters. The van der Waals surface area contributed by atoms with Crippen LogP contribution in [0.4, 0.5) is 13.2 Å². The number of hydrogen-bond donors (Lipinski definition) is 2. The summed E-state index contributed by atoms with van der Waals surface area (Å²) < 4.78 is 38.4. The minimum atomic E-state index is -5.10. The minimum Gasteiger partial charge on any atom is -0.479 e. The van der Waals surface area contributed by atoms with Crippen molar-refractivity contribution in [2.24, 2.45) is 0 Å². The van der Waals surface area contributed by atoms with Crippen LogP contribution >= 0.6 is 11.8 Å². The van der Waals surface area contributed by atoms with Crippen LogP contribution in [-0.4, -0.2) is 35.0 Å². The summed E-state index contributed by atoms with van der Waals surface area (Å²) in [5.41, 5.74) is -2.45. The third-order valence-corrected chi connectivity index (χ3v) is 3.51. The highest BCUT2D eigenvalue weighted by Crippen LogP contribution is 2.30. The van der Waals surface area contributed by atoms with Gasteiger partial charge in [0.25, 0.3) is 5.91 Å². The van der Waals surface area contributed by atoms with Crippen LogP contribution in [0.1, 0.15) is 22.8 Å². The van der Waals surface area contributed by atoms with Gasteiger partial charge in [0.15, 0.2) is 0 Å². The maximum absolute atomic E-state index is 12.8. The van der Waals surface area contributed by atoms with Crippen LogP contribution in [-0.2, 0) is 10.5 Å². The topological polar surface area (TPSA) is 66.4 Å². The molecule has 1 rings (SSSR count). The number of aliphatic carboxylic acids is 1. The summed E-state index contributed by atoms with van der Waals surface area (Å²) in [5.74, 6) is -2.55. The van der Waals surface area contributed by atoms with Gasteiger partial charge in [0.2, 0.25) is 5.54 Å². The standard InChI is InChI=1S/C13H14F3NO3S/c1-12(11(19)20,13(14,15)16)17-10(18)9-5-3-8(4-6-9)7-21-2/h3-6H,7H2,1-2H3,(H,17,18)(H,19,20). The summed E-state index contributed by atoms with van der Waals surface area (Å²) >= 11 is 1.56. The van der Waals surface area contributed by atoms with Crippen LogP contribution in [0.15, 0.2) is 24.3 Å². The number of nitrogens with one attached hydrogen (secondary N) is 1. The first-order valence-corrected chi connectivity index (χ1v) is 7.21. The minimum absolute atomic E-state index is 0.0309. The molecule has 8 heteroatoms. The molecular formula is C13H14F3NO3S. The number of carbonyl (C=O) groups is 2. The Morgan fingerprint density at radius 3 is 2.14 bits per heavy atom. The lowest BCUT2D eigenvalue weighted by Gasteiger charge is -2.28. The van der Waals surface area contributed by atoms with Crippen LogP contribution in [0.3, 0.4) is 0 Å². The van der Waals surface area contributed by atoms with Gasteiger partial charge >= 0.3 is 12.1 Å². The average molecular weight is 321 g/mol. The summed E-state index contributed by atoms with van der Waals surface area (Å²) in [6, 6.07) is 5.94. The highest BCUT2D eigenvalue weighted by atomic mass is 32.2. The van der Waals surface area contributed by atoms with E-state index in [0.29, 0.717) is 12.7 Å². The zero-order valence-electron chi connectivity index (χ0n) is 11.3. The summed E-state index contributed by atoms with van der Waals surface area (Å²) in [6.07, 6.45) is -3.21. The molecule has 2 N–H and O–H groups in total. The van der Waals surface area contributed by atoms with Gasteiger partial charge in [0, 0.05) is 11.3 Å². The molecule has 0 saturated heterocycles. The van der Waals surface area contributed by atoms with E-state index in [9.17, 15) is 22.8 Å². The molecule has 1 aromatic carbocycles. The number of thioether (sulfide) groups is 1. The number of rotatable bonds is 5. The summed E-state index contributed by atoms with van der Waals surface area (Å²) in [6.45, 7) is 0.412. The van der Waals surface area contributed by atoms with Gasteiger partial charge in [-0.3, -0.25) is 4.79 Å². The lowest BCUT2D eigenvalue weighted by atomic mass is 10.0. The predicted octanol–water partition coefficient (Wildman–Crippen LogP) is 2.69. The number of amides is 1. The van der Waals surface area contributed by atoms with E-state index in [4.69, 9.17) is 5.11 Å². The Hall–Kier alpha value is -1.70. The van der Waals surface area contributed by atoms with Gasteiger partial charge in [-0.1, -0.05) is 12.1 Å². The molecule has 21 heavy (non-hydrogen) atoms. The van der Waals surface area contributed by atoms with E-state index in [1.165, 1.54) is 17.4 Å². The van der Waals surface area contributed by atoms with Gasteiger partial charge in [-0.05, 0) is 30.9 Å². The molecule has 116 valence electrons. The monoisotopic (exact) mass is 321 g/mol. The molecule has 1 aromatic rings. The van der Waals surface area contributed by atoms with E-state index in [-0.39, 0.29) is 5.56 Å². The molecule has 0 heterocycles. The lowest BCUT2D eigenvalue weighted by Crippen LogP contribution is -2.61. The SMILES string of the molecule is CSCc1ccc(C(=O)NC(C)(C(=O)O)C(F)(F)F)cc1. The number of hydrogen-bond acceptors (Lipinski definition) is 3. The first-order chi connectivity index (χ1) is 9.61. The third-order valence-electron chi connectivity index (χ3n) is 2.89. The smallest absolute Gasteiger partial charge is 0.422 e. The molecule has 0 aliphatic heterocycles. The maximum Gasteiger partial charge on any atom is 0.422 e. The summed E-state index contributed by atoms with van der Waals surface area (Å²) in [4.78, 5) is 22.6. The van der Waals surface area contributed by atoms with Crippen molar-refractivity contribution in [2.75, 3.05) is 6.26 Å². The van der Waals surface area contributed by atoms with Crippen molar-refractivity contribution in [1.82, 2.24) is 5.32 Å². The second-order valence-corrected chi connectivity index (χ2v) is 5.38. The van der Waals surface area contributed by atoms with Gasteiger partial charge < -0.3 is 10.4 Å².